The van der Waals surface area contributed by atoms with E-state index in [4.69, 9.17) is 0 Å². The number of hydrogen-bond acceptors (Lipinski definition) is 3. The monoisotopic (exact) mass is 375 g/mol. The van der Waals surface area contributed by atoms with E-state index in [9.17, 15) is 4.79 Å². The fourth-order valence-electron chi connectivity index (χ4n) is 2.94. The van der Waals surface area contributed by atoms with Crippen molar-refractivity contribution in [2.24, 2.45) is 0 Å². The summed E-state index contributed by atoms with van der Waals surface area (Å²) in [6, 6.07) is 7.97. The molecule has 138 valence electrons. The Morgan fingerprint density at radius 3 is 2.38 bits per heavy atom. The van der Waals surface area contributed by atoms with Crippen molar-refractivity contribution >= 4 is 36.4 Å². The smallest absolute Gasteiger partial charge is 0.241 e. The summed E-state index contributed by atoms with van der Waals surface area (Å²) in [5.74, 6) is 0.103. The Kier molecular flexibility index (Phi) is 12.1. The Morgan fingerprint density at radius 2 is 1.75 bits per heavy atom. The highest BCUT2D eigenvalue weighted by atomic mass is 35.5. The number of amides is 1. The summed E-state index contributed by atoms with van der Waals surface area (Å²) in [6.45, 7) is 7.88. The van der Waals surface area contributed by atoms with Crippen LogP contribution in [0.15, 0.2) is 24.3 Å². The van der Waals surface area contributed by atoms with Crippen molar-refractivity contribution in [1.82, 2.24) is 10.2 Å². The van der Waals surface area contributed by atoms with Gasteiger partial charge in [0.15, 0.2) is 0 Å². The van der Waals surface area contributed by atoms with Crippen LogP contribution in [0.1, 0.15) is 45.1 Å². The standard InChI is InChI=1S/C18H29N3O.2ClH/c1-3-19-14-16-10-6-7-11-17(16)20-18(22)15(2)21-12-8-4-5-9-13-21;;/h6-7,10-11,15,19H,3-5,8-9,12-14H2,1-2H3,(H,20,22);2*1H. The Bertz CT molecular complexity index is 477. The summed E-state index contributed by atoms with van der Waals surface area (Å²) >= 11 is 0. The Balaban J connectivity index is 0.00000264. The molecule has 1 aromatic rings. The van der Waals surface area contributed by atoms with Crippen LogP contribution in [0.3, 0.4) is 0 Å². The molecular formula is C18H31Cl2N3O. The number of nitrogens with zero attached hydrogens (tertiary/aromatic N) is 1. The molecule has 0 aromatic heterocycles. The van der Waals surface area contributed by atoms with E-state index in [2.05, 4.69) is 28.5 Å². The maximum absolute atomic E-state index is 12.6. The van der Waals surface area contributed by atoms with Gasteiger partial charge in [-0.25, -0.2) is 0 Å². The molecule has 24 heavy (non-hydrogen) atoms. The first kappa shape index (κ1) is 23.2. The minimum atomic E-state index is -0.0645. The van der Waals surface area contributed by atoms with E-state index in [0.717, 1.165) is 37.4 Å². The molecule has 1 atom stereocenters. The molecule has 0 radical (unpaired) electrons. The second-order valence-electron chi connectivity index (χ2n) is 6.05. The van der Waals surface area contributed by atoms with Crippen LogP contribution in [0, 0.1) is 0 Å². The first-order valence-corrected chi connectivity index (χ1v) is 8.56. The van der Waals surface area contributed by atoms with E-state index < -0.39 is 0 Å². The van der Waals surface area contributed by atoms with Crippen LogP contribution in [0.25, 0.3) is 0 Å². The predicted octanol–water partition coefficient (Wildman–Crippen LogP) is 3.84. The summed E-state index contributed by atoms with van der Waals surface area (Å²) < 4.78 is 0. The molecule has 6 heteroatoms. The van der Waals surface area contributed by atoms with Crippen LogP contribution < -0.4 is 10.6 Å². The predicted molar refractivity (Wildman–Crippen MR) is 106 cm³/mol. The Morgan fingerprint density at radius 1 is 1.12 bits per heavy atom. The lowest BCUT2D eigenvalue weighted by Crippen LogP contribution is -2.42. The summed E-state index contributed by atoms with van der Waals surface area (Å²) in [4.78, 5) is 14.9. The van der Waals surface area contributed by atoms with E-state index in [1.54, 1.807) is 0 Å². The number of nitrogens with one attached hydrogen (secondary N) is 2. The minimum Gasteiger partial charge on any atom is -0.324 e. The van der Waals surface area contributed by atoms with Gasteiger partial charge in [-0.15, -0.1) is 24.8 Å². The van der Waals surface area contributed by atoms with Crippen molar-refractivity contribution in [2.75, 3.05) is 25.0 Å². The van der Waals surface area contributed by atoms with Crippen LogP contribution in [0.4, 0.5) is 5.69 Å². The van der Waals surface area contributed by atoms with Gasteiger partial charge in [0, 0.05) is 12.2 Å². The SMILES string of the molecule is CCNCc1ccccc1NC(=O)C(C)N1CCCCCC1.Cl.Cl. The van der Waals surface area contributed by atoms with E-state index in [1.165, 1.54) is 25.7 Å². The van der Waals surface area contributed by atoms with E-state index in [0.29, 0.717) is 0 Å². The summed E-state index contributed by atoms with van der Waals surface area (Å²) in [5, 5.41) is 6.43. The highest BCUT2D eigenvalue weighted by Crippen LogP contribution is 2.17. The van der Waals surface area contributed by atoms with Crippen LogP contribution >= 0.6 is 24.8 Å². The molecule has 0 spiro atoms. The van der Waals surface area contributed by atoms with Gasteiger partial charge in [-0.05, 0) is 51.0 Å². The number of anilines is 1. The molecular weight excluding hydrogens is 345 g/mol. The lowest BCUT2D eigenvalue weighted by atomic mass is 10.1. The van der Waals surface area contributed by atoms with Crippen LogP contribution in [0.5, 0.6) is 0 Å². The molecule has 0 bridgehead atoms. The molecule has 1 aliphatic heterocycles. The van der Waals surface area contributed by atoms with Gasteiger partial charge in [0.1, 0.15) is 0 Å². The van der Waals surface area contributed by atoms with Crippen molar-refractivity contribution in [3.05, 3.63) is 29.8 Å². The van der Waals surface area contributed by atoms with Gasteiger partial charge >= 0.3 is 0 Å². The third-order valence-electron chi connectivity index (χ3n) is 4.41. The Labute approximate surface area is 158 Å². The fourth-order valence-corrected chi connectivity index (χ4v) is 2.94. The van der Waals surface area contributed by atoms with Gasteiger partial charge in [0.05, 0.1) is 6.04 Å². The van der Waals surface area contributed by atoms with E-state index >= 15 is 0 Å². The molecule has 4 nitrogen and oxygen atoms in total. The van der Waals surface area contributed by atoms with Gasteiger partial charge in [0.2, 0.25) is 5.91 Å². The molecule has 1 unspecified atom stereocenters. The molecule has 1 aliphatic rings. The van der Waals surface area contributed by atoms with Gasteiger partial charge in [0.25, 0.3) is 0 Å². The quantitative estimate of drug-likeness (QED) is 0.793. The normalized spacial score (nSPS) is 16.2. The number of rotatable bonds is 6. The molecule has 0 aliphatic carbocycles. The van der Waals surface area contributed by atoms with Gasteiger partial charge < -0.3 is 10.6 Å². The van der Waals surface area contributed by atoms with Crippen LogP contribution in [-0.4, -0.2) is 36.5 Å². The second kappa shape index (κ2) is 12.5. The third kappa shape index (κ3) is 6.98. The summed E-state index contributed by atoms with van der Waals surface area (Å²) in [6.07, 6.45) is 4.98. The average molecular weight is 376 g/mol. The van der Waals surface area contributed by atoms with Crippen molar-refractivity contribution in [1.29, 1.82) is 0 Å². The molecule has 1 saturated heterocycles. The first-order chi connectivity index (χ1) is 10.7. The number of para-hydroxylation sites is 1. The maximum atomic E-state index is 12.6. The molecule has 2 rings (SSSR count). The zero-order chi connectivity index (χ0) is 15.8. The molecule has 1 fully saturated rings. The summed E-state index contributed by atoms with van der Waals surface area (Å²) in [5.41, 5.74) is 2.07. The van der Waals surface area contributed by atoms with Gasteiger partial charge in [-0.3, -0.25) is 9.69 Å². The second-order valence-corrected chi connectivity index (χ2v) is 6.05. The van der Waals surface area contributed by atoms with Crippen molar-refractivity contribution in [2.45, 2.75) is 52.1 Å². The van der Waals surface area contributed by atoms with Crippen LogP contribution in [-0.2, 0) is 11.3 Å². The van der Waals surface area contributed by atoms with E-state index in [1.807, 2.05) is 25.1 Å². The topological polar surface area (TPSA) is 44.4 Å². The number of hydrogen-bond donors (Lipinski definition) is 2. The highest BCUT2D eigenvalue weighted by Gasteiger charge is 2.22. The zero-order valence-corrected chi connectivity index (χ0v) is 16.3. The Hall–Kier alpha value is -0.810. The molecule has 1 amide bonds. The summed E-state index contributed by atoms with van der Waals surface area (Å²) in [7, 11) is 0. The maximum Gasteiger partial charge on any atom is 0.241 e. The number of carbonyl (C=O) groups excluding carboxylic acids is 1. The third-order valence-corrected chi connectivity index (χ3v) is 4.41. The first-order valence-electron chi connectivity index (χ1n) is 8.56. The minimum absolute atomic E-state index is 0. The number of benzene rings is 1. The number of carbonyl (C=O) groups is 1. The molecule has 0 saturated carbocycles. The lowest BCUT2D eigenvalue weighted by molar-refractivity contribution is -0.120. The fraction of sp³-hybridized carbons (Fsp3) is 0.611. The number of likely N-dealkylation sites (tertiary alicyclic amines) is 1. The van der Waals surface area contributed by atoms with Gasteiger partial charge in [-0.1, -0.05) is 38.0 Å². The van der Waals surface area contributed by atoms with Gasteiger partial charge in [-0.2, -0.15) is 0 Å². The van der Waals surface area contributed by atoms with Crippen LogP contribution in [0.2, 0.25) is 0 Å². The molecule has 1 aromatic carbocycles. The zero-order valence-electron chi connectivity index (χ0n) is 14.7. The van der Waals surface area contributed by atoms with Crippen molar-refractivity contribution in [3.63, 3.8) is 0 Å². The van der Waals surface area contributed by atoms with E-state index in [-0.39, 0.29) is 36.8 Å². The largest absolute Gasteiger partial charge is 0.324 e. The van der Waals surface area contributed by atoms with Crippen molar-refractivity contribution < 1.29 is 4.79 Å². The van der Waals surface area contributed by atoms with Crippen molar-refractivity contribution in [3.8, 4) is 0 Å². The molecule has 1 heterocycles. The lowest BCUT2D eigenvalue weighted by Gasteiger charge is -2.27. The average Bonchev–Trinajstić information content (AvgIpc) is 2.82. The number of halogens is 2. The highest BCUT2D eigenvalue weighted by molar-refractivity contribution is 5.95. The molecule has 2 N–H and O–H groups in total.